The van der Waals surface area contributed by atoms with Crippen molar-refractivity contribution in [2.45, 2.75) is 27.7 Å². The number of carbonyl (C=O) groups is 1. The highest BCUT2D eigenvalue weighted by molar-refractivity contribution is 7.19. The van der Waals surface area contributed by atoms with Crippen molar-refractivity contribution in [1.82, 2.24) is 0 Å². The summed E-state index contributed by atoms with van der Waals surface area (Å²) in [5.41, 5.74) is 11.9. The lowest BCUT2D eigenvalue weighted by Gasteiger charge is -2.13. The van der Waals surface area contributed by atoms with Gasteiger partial charge in [-0.05, 0) is 61.6 Å². The Kier molecular flexibility index (Phi) is 3.37. The summed E-state index contributed by atoms with van der Waals surface area (Å²) in [6.07, 6.45) is 0. The number of carboxylic acid groups (broad SMARTS) is 1. The van der Waals surface area contributed by atoms with Crippen LogP contribution in [0.4, 0.5) is 5.00 Å². The minimum atomic E-state index is -0.973. The van der Waals surface area contributed by atoms with Gasteiger partial charge in [0.05, 0.1) is 5.56 Å². The normalized spacial score (nSPS) is 10.7. The summed E-state index contributed by atoms with van der Waals surface area (Å²) in [6.45, 7) is 8.27. The number of hydrogen-bond donors (Lipinski definition) is 2. The van der Waals surface area contributed by atoms with E-state index in [9.17, 15) is 4.79 Å². The maximum atomic E-state index is 11.1. The molecule has 0 amide bonds. The molecule has 0 atom stereocenters. The first kappa shape index (κ1) is 13.6. The van der Waals surface area contributed by atoms with Crippen LogP contribution in [0.25, 0.3) is 10.4 Å². The fourth-order valence-electron chi connectivity index (χ4n) is 2.28. The number of anilines is 1. The van der Waals surface area contributed by atoms with Gasteiger partial charge in [-0.3, -0.25) is 0 Å². The zero-order valence-corrected chi connectivity index (χ0v) is 12.3. The molecule has 0 aliphatic rings. The van der Waals surface area contributed by atoms with Crippen molar-refractivity contribution in [3.63, 3.8) is 0 Å². The van der Waals surface area contributed by atoms with Gasteiger partial charge in [-0.1, -0.05) is 6.07 Å². The minimum Gasteiger partial charge on any atom is -0.478 e. The predicted molar refractivity (Wildman–Crippen MR) is 80.1 cm³/mol. The molecule has 3 nitrogen and oxygen atoms in total. The van der Waals surface area contributed by atoms with E-state index < -0.39 is 5.97 Å². The van der Waals surface area contributed by atoms with Gasteiger partial charge < -0.3 is 10.8 Å². The van der Waals surface area contributed by atoms with Gasteiger partial charge in [-0.15, -0.1) is 11.3 Å². The molecule has 0 radical (unpaired) electrons. The van der Waals surface area contributed by atoms with Crippen LogP contribution in [0.15, 0.2) is 12.1 Å². The molecule has 0 unspecified atom stereocenters. The first-order valence-corrected chi connectivity index (χ1v) is 6.85. The molecule has 0 aliphatic carbocycles. The third-order valence-electron chi connectivity index (χ3n) is 3.60. The van der Waals surface area contributed by atoms with Crippen LogP contribution in [0.3, 0.4) is 0 Å². The van der Waals surface area contributed by atoms with Crippen molar-refractivity contribution in [3.8, 4) is 10.4 Å². The van der Waals surface area contributed by atoms with Crippen LogP contribution in [-0.4, -0.2) is 11.1 Å². The molecule has 1 aromatic heterocycles. The summed E-state index contributed by atoms with van der Waals surface area (Å²) in [6, 6.07) is 3.83. The molecule has 0 bridgehead atoms. The van der Waals surface area contributed by atoms with Crippen LogP contribution >= 0.6 is 11.3 Å². The zero-order valence-electron chi connectivity index (χ0n) is 11.5. The molecular weight excluding hydrogens is 258 g/mol. The molecule has 0 saturated heterocycles. The lowest BCUT2D eigenvalue weighted by Crippen LogP contribution is -1.97. The Morgan fingerprint density at radius 3 is 2.05 bits per heavy atom. The molecule has 2 rings (SSSR count). The summed E-state index contributed by atoms with van der Waals surface area (Å²) in [7, 11) is 0. The molecule has 0 spiro atoms. The molecule has 100 valence electrons. The van der Waals surface area contributed by atoms with E-state index in [-0.39, 0.29) is 5.56 Å². The lowest BCUT2D eigenvalue weighted by molar-refractivity contribution is 0.0698. The minimum absolute atomic E-state index is 0.193. The monoisotopic (exact) mass is 275 g/mol. The van der Waals surface area contributed by atoms with Crippen molar-refractivity contribution >= 4 is 22.3 Å². The summed E-state index contributed by atoms with van der Waals surface area (Å²) in [5, 5.41) is 9.46. The average molecular weight is 275 g/mol. The highest BCUT2D eigenvalue weighted by atomic mass is 32.1. The quantitative estimate of drug-likeness (QED) is 0.872. The van der Waals surface area contributed by atoms with E-state index in [2.05, 4.69) is 33.8 Å². The van der Waals surface area contributed by atoms with Crippen LogP contribution in [0, 0.1) is 27.7 Å². The van der Waals surface area contributed by atoms with Gasteiger partial charge >= 0.3 is 5.97 Å². The third-order valence-corrected chi connectivity index (χ3v) is 4.59. The van der Waals surface area contributed by atoms with Gasteiger partial charge in [-0.25, -0.2) is 4.79 Å². The van der Waals surface area contributed by atoms with Gasteiger partial charge in [0.2, 0.25) is 0 Å². The molecule has 1 heterocycles. The van der Waals surface area contributed by atoms with E-state index in [1.165, 1.54) is 33.6 Å². The fourth-order valence-corrected chi connectivity index (χ4v) is 3.36. The molecule has 4 heteroatoms. The molecule has 19 heavy (non-hydrogen) atoms. The Morgan fingerprint density at radius 1 is 1.11 bits per heavy atom. The van der Waals surface area contributed by atoms with E-state index in [1.807, 2.05) is 0 Å². The number of carboxylic acids is 1. The smallest absolute Gasteiger partial charge is 0.338 e. The Bertz CT molecular complexity index is 645. The number of aromatic carboxylic acids is 1. The van der Waals surface area contributed by atoms with E-state index in [4.69, 9.17) is 10.8 Å². The standard InChI is InChI=1S/C15H17NO2S/c1-7-5-8(2)10(4)13(9(7)3)12-6-11(15(17)18)14(16)19-12/h5-6H,16H2,1-4H3,(H,17,18). The highest BCUT2D eigenvalue weighted by Gasteiger charge is 2.17. The molecular formula is C15H17NO2S. The van der Waals surface area contributed by atoms with Gasteiger partial charge in [0.15, 0.2) is 0 Å². The van der Waals surface area contributed by atoms with E-state index >= 15 is 0 Å². The maximum absolute atomic E-state index is 11.1. The Balaban J connectivity index is 2.72. The first-order valence-electron chi connectivity index (χ1n) is 6.03. The average Bonchev–Trinajstić information content (AvgIpc) is 2.69. The van der Waals surface area contributed by atoms with Crippen molar-refractivity contribution in [2.24, 2.45) is 0 Å². The molecule has 3 N–H and O–H groups in total. The largest absolute Gasteiger partial charge is 0.478 e. The highest BCUT2D eigenvalue weighted by Crippen LogP contribution is 2.38. The Hall–Kier alpha value is -1.81. The number of benzene rings is 1. The van der Waals surface area contributed by atoms with Crippen LogP contribution in [0.2, 0.25) is 0 Å². The number of rotatable bonds is 2. The molecule has 0 aliphatic heterocycles. The number of aryl methyl sites for hydroxylation is 2. The molecule has 0 fully saturated rings. The van der Waals surface area contributed by atoms with Crippen molar-refractivity contribution in [1.29, 1.82) is 0 Å². The third kappa shape index (κ3) is 2.24. The number of hydrogen-bond acceptors (Lipinski definition) is 3. The summed E-state index contributed by atoms with van der Waals surface area (Å²) < 4.78 is 0. The summed E-state index contributed by atoms with van der Waals surface area (Å²) >= 11 is 1.34. The second-order valence-electron chi connectivity index (χ2n) is 4.83. The van der Waals surface area contributed by atoms with Crippen molar-refractivity contribution in [3.05, 3.63) is 39.9 Å². The summed E-state index contributed by atoms with van der Waals surface area (Å²) in [5.74, 6) is -0.973. The Morgan fingerprint density at radius 2 is 1.63 bits per heavy atom. The maximum Gasteiger partial charge on any atom is 0.338 e. The Labute approximate surface area is 116 Å². The van der Waals surface area contributed by atoms with E-state index in [1.54, 1.807) is 6.07 Å². The van der Waals surface area contributed by atoms with Gasteiger partial charge in [0.1, 0.15) is 5.00 Å². The van der Waals surface area contributed by atoms with Crippen molar-refractivity contribution in [2.75, 3.05) is 5.73 Å². The fraction of sp³-hybridized carbons (Fsp3) is 0.267. The predicted octanol–water partition coefficient (Wildman–Crippen LogP) is 3.93. The van der Waals surface area contributed by atoms with Crippen LogP contribution in [0.5, 0.6) is 0 Å². The second-order valence-corrected chi connectivity index (χ2v) is 5.91. The number of thiophene rings is 1. The number of nitrogen functional groups attached to an aromatic ring is 1. The molecule has 2 aromatic rings. The summed E-state index contributed by atoms with van der Waals surface area (Å²) in [4.78, 5) is 12.0. The van der Waals surface area contributed by atoms with Crippen LogP contribution in [0.1, 0.15) is 32.6 Å². The van der Waals surface area contributed by atoms with Crippen LogP contribution < -0.4 is 5.73 Å². The SMILES string of the molecule is Cc1cc(C)c(C)c(-c2cc(C(=O)O)c(N)s2)c1C. The first-order chi connectivity index (χ1) is 8.82. The van der Waals surface area contributed by atoms with E-state index in [0.717, 1.165) is 10.4 Å². The van der Waals surface area contributed by atoms with E-state index in [0.29, 0.717) is 5.00 Å². The number of nitrogens with two attached hydrogens (primary N) is 1. The van der Waals surface area contributed by atoms with Crippen LogP contribution in [-0.2, 0) is 0 Å². The zero-order chi connectivity index (χ0) is 14.3. The second kappa shape index (κ2) is 4.70. The molecule has 0 saturated carbocycles. The van der Waals surface area contributed by atoms with Gasteiger partial charge in [0, 0.05) is 4.88 Å². The lowest BCUT2D eigenvalue weighted by atomic mass is 9.93. The van der Waals surface area contributed by atoms with Crippen molar-refractivity contribution < 1.29 is 9.90 Å². The van der Waals surface area contributed by atoms with Gasteiger partial charge in [0.25, 0.3) is 0 Å². The topological polar surface area (TPSA) is 63.3 Å². The molecule has 1 aromatic carbocycles. The van der Waals surface area contributed by atoms with Gasteiger partial charge in [-0.2, -0.15) is 0 Å².